The normalized spacial score (nSPS) is 12.1. The molecule has 0 radical (unpaired) electrons. The van der Waals surface area contributed by atoms with Crippen LogP contribution in [-0.4, -0.2) is 36.0 Å². The average molecular weight is 296 g/mol. The molecule has 0 aromatic heterocycles. The first-order valence-electron chi connectivity index (χ1n) is 5.86. The molecule has 0 bridgehead atoms. The average Bonchev–Trinajstić information content (AvgIpc) is 2.39. The van der Waals surface area contributed by atoms with E-state index in [1.807, 2.05) is 6.92 Å². The predicted octanol–water partition coefficient (Wildman–Crippen LogP) is 1.43. The Morgan fingerprint density at radius 2 is 2.30 bits per heavy atom. The van der Waals surface area contributed by atoms with E-state index in [4.69, 9.17) is 17.0 Å². The van der Waals surface area contributed by atoms with Crippen LogP contribution < -0.4 is 10.7 Å². The number of nitrogens with one attached hydrogen (secondary N) is 2. The summed E-state index contributed by atoms with van der Waals surface area (Å²) in [7, 11) is 1.60. The molecule has 0 saturated heterocycles. The number of nitrogens with zero attached hydrogens (tertiary/aromatic N) is 2. The Bertz CT molecular complexity index is 507. The number of benzene rings is 1. The minimum Gasteiger partial charge on any atom is -0.383 e. The second-order valence-electron chi connectivity index (χ2n) is 4.02. The molecule has 0 fully saturated rings. The molecular weight excluding hydrogens is 280 g/mol. The van der Waals surface area contributed by atoms with Crippen LogP contribution in [0.4, 0.5) is 5.69 Å². The van der Waals surface area contributed by atoms with Crippen LogP contribution in [0.5, 0.6) is 0 Å². The number of nitro benzene ring substituents is 1. The van der Waals surface area contributed by atoms with Crippen LogP contribution >= 0.6 is 12.2 Å². The maximum absolute atomic E-state index is 10.8. The second-order valence-corrected chi connectivity index (χ2v) is 4.42. The van der Waals surface area contributed by atoms with E-state index in [0.29, 0.717) is 17.3 Å². The summed E-state index contributed by atoms with van der Waals surface area (Å²) in [5, 5.41) is 18.0. The minimum atomic E-state index is -0.460. The maximum atomic E-state index is 10.8. The van der Waals surface area contributed by atoms with Crippen molar-refractivity contribution in [1.29, 1.82) is 0 Å². The van der Waals surface area contributed by atoms with Crippen molar-refractivity contribution in [3.63, 3.8) is 0 Å². The first-order valence-corrected chi connectivity index (χ1v) is 6.27. The van der Waals surface area contributed by atoms with Gasteiger partial charge in [-0.15, -0.1) is 0 Å². The van der Waals surface area contributed by atoms with Crippen molar-refractivity contribution >= 4 is 29.2 Å². The number of hydrogen-bond donors (Lipinski definition) is 2. The summed E-state index contributed by atoms with van der Waals surface area (Å²) in [6.07, 6.45) is 1.35. The molecular formula is C12H16N4O3S. The molecule has 0 amide bonds. The van der Waals surface area contributed by atoms with Gasteiger partial charge in [0, 0.05) is 19.2 Å². The highest BCUT2D eigenvalue weighted by atomic mass is 32.1. The molecule has 8 heteroatoms. The van der Waals surface area contributed by atoms with Gasteiger partial charge in [0.05, 0.1) is 23.3 Å². The van der Waals surface area contributed by atoms with Gasteiger partial charge in [0.2, 0.25) is 0 Å². The monoisotopic (exact) mass is 296 g/mol. The third-order valence-corrected chi connectivity index (χ3v) is 2.51. The molecule has 2 N–H and O–H groups in total. The summed E-state index contributed by atoms with van der Waals surface area (Å²) in [5.74, 6) is 0. The van der Waals surface area contributed by atoms with Crippen molar-refractivity contribution in [2.24, 2.45) is 5.10 Å². The summed E-state index contributed by atoms with van der Waals surface area (Å²) in [5.41, 5.74) is 2.99. The molecule has 108 valence electrons. The predicted molar refractivity (Wildman–Crippen MR) is 80.9 cm³/mol. The van der Waals surface area contributed by atoms with Crippen molar-refractivity contribution in [3.8, 4) is 0 Å². The smallest absolute Gasteiger partial charge is 0.278 e. The Morgan fingerprint density at radius 3 is 2.95 bits per heavy atom. The van der Waals surface area contributed by atoms with Crippen LogP contribution in [0.15, 0.2) is 29.4 Å². The van der Waals surface area contributed by atoms with Gasteiger partial charge < -0.3 is 10.1 Å². The molecule has 1 aromatic carbocycles. The quantitative estimate of drug-likeness (QED) is 0.357. The van der Waals surface area contributed by atoms with Crippen LogP contribution in [0, 0.1) is 10.1 Å². The number of hydrazone groups is 1. The van der Waals surface area contributed by atoms with Gasteiger partial charge in [0.25, 0.3) is 5.69 Å². The third-order valence-electron chi connectivity index (χ3n) is 2.30. The van der Waals surface area contributed by atoms with Gasteiger partial charge in [-0.3, -0.25) is 15.5 Å². The molecule has 0 aliphatic heterocycles. The standard InChI is InChI=1S/C12H16N4O3S/c1-9(8-19-2)14-12(20)15-13-7-10-5-3-4-6-11(10)16(17)18/h3-7,9H,8H2,1-2H3,(H2,14,15,20)/b13-7-/t9-/m1/s1. The minimum absolute atomic E-state index is 0.00956. The van der Waals surface area contributed by atoms with E-state index in [-0.39, 0.29) is 11.7 Å². The zero-order chi connectivity index (χ0) is 15.0. The van der Waals surface area contributed by atoms with Gasteiger partial charge in [-0.05, 0) is 25.2 Å². The fraction of sp³-hybridized carbons (Fsp3) is 0.333. The van der Waals surface area contributed by atoms with E-state index in [9.17, 15) is 10.1 Å². The lowest BCUT2D eigenvalue weighted by molar-refractivity contribution is -0.385. The fourth-order valence-electron chi connectivity index (χ4n) is 1.47. The van der Waals surface area contributed by atoms with Gasteiger partial charge in [-0.1, -0.05) is 12.1 Å². The number of methoxy groups -OCH3 is 1. The molecule has 0 saturated carbocycles. The molecule has 20 heavy (non-hydrogen) atoms. The van der Waals surface area contributed by atoms with E-state index in [1.54, 1.807) is 25.3 Å². The Balaban J connectivity index is 2.57. The van der Waals surface area contributed by atoms with E-state index in [0.717, 1.165) is 0 Å². The molecule has 1 aromatic rings. The van der Waals surface area contributed by atoms with E-state index in [1.165, 1.54) is 12.3 Å². The first kappa shape index (κ1) is 16.0. The number of thiocarbonyl (C=S) groups is 1. The molecule has 0 unspecified atom stereocenters. The van der Waals surface area contributed by atoms with Gasteiger partial charge in [0.1, 0.15) is 0 Å². The molecule has 0 aliphatic rings. The second kappa shape index (κ2) is 8.18. The highest BCUT2D eigenvalue weighted by molar-refractivity contribution is 7.80. The van der Waals surface area contributed by atoms with Gasteiger partial charge in [0.15, 0.2) is 5.11 Å². The largest absolute Gasteiger partial charge is 0.383 e. The molecule has 1 atom stereocenters. The topological polar surface area (TPSA) is 88.8 Å². The van der Waals surface area contributed by atoms with Crippen molar-refractivity contribution in [3.05, 3.63) is 39.9 Å². The lowest BCUT2D eigenvalue weighted by Gasteiger charge is -2.13. The Hall–Kier alpha value is -2.06. The molecule has 7 nitrogen and oxygen atoms in total. The summed E-state index contributed by atoms with van der Waals surface area (Å²) in [6.45, 7) is 2.42. The lowest BCUT2D eigenvalue weighted by Crippen LogP contribution is -2.40. The highest BCUT2D eigenvalue weighted by Crippen LogP contribution is 2.14. The van der Waals surface area contributed by atoms with Crippen molar-refractivity contribution < 1.29 is 9.66 Å². The number of hydrogen-bond acceptors (Lipinski definition) is 5. The molecule has 1 rings (SSSR count). The number of para-hydroxylation sites is 1. The van der Waals surface area contributed by atoms with E-state index < -0.39 is 4.92 Å². The Morgan fingerprint density at radius 1 is 1.60 bits per heavy atom. The zero-order valence-electron chi connectivity index (χ0n) is 11.2. The number of ether oxygens (including phenoxy) is 1. The summed E-state index contributed by atoms with van der Waals surface area (Å²) in [6, 6.07) is 6.36. The SMILES string of the molecule is COC[C@@H](C)NC(=S)N/N=C\c1ccccc1[N+](=O)[O-]. The zero-order valence-corrected chi connectivity index (χ0v) is 12.0. The Labute approximate surface area is 122 Å². The van der Waals surface area contributed by atoms with E-state index >= 15 is 0 Å². The maximum Gasteiger partial charge on any atom is 0.278 e. The third kappa shape index (κ3) is 5.29. The number of rotatable bonds is 6. The fourth-order valence-corrected chi connectivity index (χ4v) is 1.73. The van der Waals surface area contributed by atoms with Crippen LogP contribution in [0.1, 0.15) is 12.5 Å². The molecule has 0 aliphatic carbocycles. The molecule has 0 heterocycles. The van der Waals surface area contributed by atoms with Gasteiger partial charge >= 0.3 is 0 Å². The van der Waals surface area contributed by atoms with Crippen molar-refractivity contribution in [2.75, 3.05) is 13.7 Å². The van der Waals surface area contributed by atoms with Crippen molar-refractivity contribution in [2.45, 2.75) is 13.0 Å². The van der Waals surface area contributed by atoms with Gasteiger partial charge in [-0.2, -0.15) is 5.10 Å². The van der Waals surface area contributed by atoms with Crippen LogP contribution in [0.25, 0.3) is 0 Å². The van der Waals surface area contributed by atoms with Crippen LogP contribution in [0.2, 0.25) is 0 Å². The van der Waals surface area contributed by atoms with Crippen molar-refractivity contribution in [1.82, 2.24) is 10.7 Å². The lowest BCUT2D eigenvalue weighted by atomic mass is 10.2. The van der Waals surface area contributed by atoms with Crippen LogP contribution in [-0.2, 0) is 4.74 Å². The first-order chi connectivity index (χ1) is 9.54. The van der Waals surface area contributed by atoms with E-state index in [2.05, 4.69) is 15.8 Å². The summed E-state index contributed by atoms with van der Waals surface area (Å²) >= 11 is 5.02. The van der Waals surface area contributed by atoms with Gasteiger partial charge in [-0.25, -0.2) is 0 Å². The molecule has 0 spiro atoms. The number of nitro groups is 1. The summed E-state index contributed by atoms with van der Waals surface area (Å²) < 4.78 is 4.96. The summed E-state index contributed by atoms with van der Waals surface area (Å²) in [4.78, 5) is 10.3. The van der Waals surface area contributed by atoms with Crippen LogP contribution in [0.3, 0.4) is 0 Å². The Kier molecular flexibility index (Phi) is 6.54. The highest BCUT2D eigenvalue weighted by Gasteiger charge is 2.09.